The predicted molar refractivity (Wildman–Crippen MR) is 99.3 cm³/mol. The van der Waals surface area contributed by atoms with Gasteiger partial charge in [0.1, 0.15) is 0 Å². The monoisotopic (exact) mass is 327 g/mol. The van der Waals surface area contributed by atoms with Gasteiger partial charge < -0.3 is 5.32 Å². The molecule has 4 aliphatic rings. The summed E-state index contributed by atoms with van der Waals surface area (Å²) < 4.78 is 0. The number of nitrogens with one attached hydrogen (secondary N) is 1. The lowest BCUT2D eigenvalue weighted by atomic mass is 9.92. The molecule has 4 aliphatic heterocycles. The summed E-state index contributed by atoms with van der Waals surface area (Å²) in [6.45, 7) is 5.51. The van der Waals surface area contributed by atoms with Gasteiger partial charge in [0.15, 0.2) is 0 Å². The highest BCUT2D eigenvalue weighted by Crippen LogP contribution is 2.26. The number of hydrogen-bond acceptors (Lipinski definition) is 1. The van der Waals surface area contributed by atoms with Crippen LogP contribution in [0.25, 0.3) is 0 Å². The smallest absolute Gasteiger partial charge is 0.0440 e. The average molecular weight is 328 g/mol. The average Bonchev–Trinajstić information content (AvgIpc) is 2.56. The van der Waals surface area contributed by atoms with Crippen LogP contribution in [0.15, 0.2) is 42.5 Å². The summed E-state index contributed by atoms with van der Waals surface area (Å²) in [5.41, 5.74) is 5.40. The van der Waals surface area contributed by atoms with E-state index in [0.717, 1.165) is 37.3 Å². The molecular weight excluding hydrogens is 302 g/mol. The third-order valence-electron chi connectivity index (χ3n) is 5.03. The molecule has 0 aliphatic carbocycles. The Morgan fingerprint density at radius 1 is 0.913 bits per heavy atom. The standard InChI is InChI=1S/C21H26ClN/c1-15-3-9-20-12-6-17(13-21(20)22)5-4-16(2)23-14-18-7-10-19(15)11-8-18/h6-8,10-13,15-16,23H,3-5,9,14H2,1-2H3. The first-order chi connectivity index (χ1) is 11.1. The second-order valence-corrected chi connectivity index (χ2v) is 7.33. The van der Waals surface area contributed by atoms with E-state index in [4.69, 9.17) is 11.6 Å². The zero-order valence-corrected chi connectivity index (χ0v) is 14.9. The molecule has 4 heterocycles. The zero-order valence-electron chi connectivity index (χ0n) is 14.1. The first-order valence-corrected chi connectivity index (χ1v) is 9.09. The van der Waals surface area contributed by atoms with Gasteiger partial charge in [0, 0.05) is 17.6 Å². The van der Waals surface area contributed by atoms with Crippen LogP contribution in [0.2, 0.25) is 5.02 Å². The van der Waals surface area contributed by atoms with Gasteiger partial charge >= 0.3 is 0 Å². The minimum atomic E-state index is 0.500. The van der Waals surface area contributed by atoms with Crippen molar-refractivity contribution in [3.8, 4) is 0 Å². The Morgan fingerprint density at radius 2 is 1.65 bits per heavy atom. The second-order valence-electron chi connectivity index (χ2n) is 6.93. The summed E-state index contributed by atoms with van der Waals surface area (Å²) in [5.74, 6) is 0.555. The van der Waals surface area contributed by atoms with Gasteiger partial charge in [-0.2, -0.15) is 0 Å². The van der Waals surface area contributed by atoms with Crippen LogP contribution in [0, 0.1) is 0 Å². The maximum atomic E-state index is 6.50. The molecule has 1 N–H and O–H groups in total. The third-order valence-corrected chi connectivity index (χ3v) is 5.39. The highest BCUT2D eigenvalue weighted by Gasteiger charge is 2.10. The van der Waals surface area contributed by atoms with E-state index in [9.17, 15) is 0 Å². The van der Waals surface area contributed by atoms with Gasteiger partial charge in [-0.05, 0) is 66.8 Å². The largest absolute Gasteiger partial charge is 0.310 e. The molecule has 6 rings (SSSR count). The molecule has 2 aromatic rings. The molecule has 2 unspecified atom stereocenters. The molecule has 2 heteroatoms. The minimum Gasteiger partial charge on any atom is -0.310 e. The van der Waals surface area contributed by atoms with Crippen molar-refractivity contribution in [3.05, 3.63) is 69.7 Å². The lowest BCUT2D eigenvalue weighted by Crippen LogP contribution is -2.26. The zero-order chi connectivity index (χ0) is 16.2. The Hall–Kier alpha value is -1.31. The topological polar surface area (TPSA) is 12.0 Å². The van der Waals surface area contributed by atoms with Crippen LogP contribution in [0.4, 0.5) is 0 Å². The molecule has 122 valence electrons. The molecule has 0 radical (unpaired) electrons. The van der Waals surface area contributed by atoms with E-state index in [2.05, 4.69) is 61.6 Å². The van der Waals surface area contributed by atoms with Crippen LogP contribution in [-0.2, 0) is 19.4 Å². The highest BCUT2D eigenvalue weighted by molar-refractivity contribution is 6.31. The third kappa shape index (κ3) is 4.37. The summed E-state index contributed by atoms with van der Waals surface area (Å²) in [5, 5.41) is 4.55. The molecule has 0 fully saturated rings. The van der Waals surface area contributed by atoms with Crippen molar-refractivity contribution in [2.24, 2.45) is 0 Å². The highest BCUT2D eigenvalue weighted by atomic mass is 35.5. The first kappa shape index (κ1) is 16.5. The number of aryl methyl sites for hydroxylation is 2. The van der Waals surface area contributed by atoms with E-state index in [1.807, 2.05) is 0 Å². The van der Waals surface area contributed by atoms with Gasteiger partial charge in [-0.1, -0.05) is 54.9 Å². The Kier molecular flexibility index (Phi) is 5.40. The molecule has 0 amide bonds. The summed E-state index contributed by atoms with van der Waals surface area (Å²) >= 11 is 6.50. The van der Waals surface area contributed by atoms with Crippen LogP contribution in [0.3, 0.4) is 0 Å². The number of halogens is 1. The van der Waals surface area contributed by atoms with Crippen molar-refractivity contribution in [1.29, 1.82) is 0 Å². The van der Waals surface area contributed by atoms with Crippen LogP contribution in [0.1, 0.15) is 54.9 Å². The van der Waals surface area contributed by atoms with Gasteiger partial charge in [-0.25, -0.2) is 0 Å². The normalized spacial score (nSPS) is 22.4. The maximum Gasteiger partial charge on any atom is 0.0440 e. The van der Waals surface area contributed by atoms with E-state index >= 15 is 0 Å². The number of benzene rings is 2. The Bertz CT molecular complexity index is 647. The molecule has 4 bridgehead atoms. The maximum absolute atomic E-state index is 6.50. The van der Waals surface area contributed by atoms with E-state index in [0.29, 0.717) is 12.0 Å². The van der Waals surface area contributed by atoms with E-state index < -0.39 is 0 Å². The van der Waals surface area contributed by atoms with E-state index in [-0.39, 0.29) is 0 Å². The van der Waals surface area contributed by atoms with E-state index in [1.54, 1.807) is 0 Å². The molecule has 2 atom stereocenters. The van der Waals surface area contributed by atoms with Crippen molar-refractivity contribution < 1.29 is 0 Å². The van der Waals surface area contributed by atoms with Gasteiger partial charge in [-0.15, -0.1) is 0 Å². The molecule has 1 nitrogen and oxygen atoms in total. The van der Waals surface area contributed by atoms with Gasteiger partial charge in [0.25, 0.3) is 0 Å². The summed E-state index contributed by atoms with van der Waals surface area (Å²) in [6.07, 6.45) is 4.38. The number of hydrogen-bond donors (Lipinski definition) is 1. The summed E-state index contributed by atoms with van der Waals surface area (Å²) in [6, 6.07) is 16.2. The molecule has 23 heavy (non-hydrogen) atoms. The quantitative estimate of drug-likeness (QED) is 0.673. The predicted octanol–water partition coefficient (Wildman–Crippen LogP) is 5.50. The SMILES string of the molecule is CC1CCc2ccc(c(Cl)c2)CCC(C)c2ccc(cc2)CN1. The fourth-order valence-electron chi connectivity index (χ4n) is 3.23. The van der Waals surface area contributed by atoms with Gasteiger partial charge in [0.2, 0.25) is 0 Å². The Morgan fingerprint density at radius 3 is 2.39 bits per heavy atom. The first-order valence-electron chi connectivity index (χ1n) is 8.71. The molecule has 2 aromatic carbocycles. The minimum absolute atomic E-state index is 0.500. The van der Waals surface area contributed by atoms with Crippen molar-refractivity contribution in [3.63, 3.8) is 0 Å². The molecular formula is C21H26ClN. The van der Waals surface area contributed by atoms with Crippen LogP contribution in [0.5, 0.6) is 0 Å². The molecule has 0 saturated heterocycles. The fraction of sp³-hybridized carbons (Fsp3) is 0.429. The van der Waals surface area contributed by atoms with Gasteiger partial charge in [-0.3, -0.25) is 0 Å². The van der Waals surface area contributed by atoms with Crippen molar-refractivity contribution in [1.82, 2.24) is 5.32 Å². The van der Waals surface area contributed by atoms with E-state index in [1.165, 1.54) is 22.3 Å². The van der Waals surface area contributed by atoms with Gasteiger partial charge in [0.05, 0.1) is 0 Å². The fourth-order valence-corrected chi connectivity index (χ4v) is 3.53. The van der Waals surface area contributed by atoms with Crippen molar-refractivity contribution in [2.75, 3.05) is 0 Å². The Balaban J connectivity index is 1.85. The molecule has 0 saturated carbocycles. The van der Waals surface area contributed by atoms with Crippen LogP contribution < -0.4 is 5.32 Å². The summed E-state index contributed by atoms with van der Waals surface area (Å²) in [4.78, 5) is 0. The summed E-state index contributed by atoms with van der Waals surface area (Å²) in [7, 11) is 0. The lowest BCUT2D eigenvalue weighted by molar-refractivity contribution is 0.514. The number of rotatable bonds is 0. The van der Waals surface area contributed by atoms with Crippen LogP contribution >= 0.6 is 11.6 Å². The second kappa shape index (κ2) is 7.51. The lowest BCUT2D eigenvalue weighted by Gasteiger charge is -2.17. The Labute approximate surface area is 145 Å². The van der Waals surface area contributed by atoms with Crippen LogP contribution in [-0.4, -0.2) is 6.04 Å². The molecule has 0 spiro atoms. The van der Waals surface area contributed by atoms with Crippen molar-refractivity contribution >= 4 is 11.6 Å². The van der Waals surface area contributed by atoms with Crippen molar-refractivity contribution in [2.45, 2.75) is 58.0 Å². The molecule has 0 aromatic heterocycles.